The Hall–Kier alpha value is -3.40. The van der Waals surface area contributed by atoms with Crippen LogP contribution >= 0.6 is 0 Å². The second-order valence-electron chi connectivity index (χ2n) is 6.29. The Morgan fingerprint density at radius 2 is 0.903 bits per heavy atom. The normalized spacial score (nSPS) is 10.8. The maximum absolute atomic E-state index is 4.58. The van der Waals surface area contributed by atoms with Gasteiger partial charge in [-0.3, -0.25) is 0 Å². The van der Waals surface area contributed by atoms with Gasteiger partial charge in [-0.25, -0.2) is 0 Å². The fourth-order valence-corrected chi connectivity index (χ4v) is 3.40. The van der Waals surface area contributed by atoms with E-state index in [2.05, 4.69) is 51.6 Å². The van der Waals surface area contributed by atoms with Crippen molar-refractivity contribution in [3.05, 3.63) is 78.4 Å². The molecule has 0 spiro atoms. The average molecular weight is 413 g/mol. The second-order valence-corrected chi connectivity index (χ2v) is 6.29. The van der Waals surface area contributed by atoms with Gasteiger partial charge in [-0.05, 0) is 35.6 Å². The van der Waals surface area contributed by atoms with E-state index in [-0.39, 0.29) is 0 Å². The van der Waals surface area contributed by atoms with E-state index in [1.807, 2.05) is 76.2 Å². The number of nitrogens with zero attached hydrogens (tertiary/aromatic N) is 4. The highest BCUT2D eigenvalue weighted by Gasteiger charge is 2.07. The number of rotatable bonds is 4. The molecule has 0 radical (unpaired) electrons. The highest BCUT2D eigenvalue weighted by atomic mass is 15.1. The van der Waals surface area contributed by atoms with E-state index in [1.165, 1.54) is 10.9 Å². The fourth-order valence-electron chi connectivity index (χ4n) is 3.40. The van der Waals surface area contributed by atoms with E-state index in [1.54, 1.807) is 7.05 Å². The zero-order chi connectivity index (χ0) is 22.6. The largest absolute Gasteiger partial charge is 0.192 e. The fraction of sp³-hybridized carbons (Fsp3) is 0.259. The molecule has 4 aromatic rings. The van der Waals surface area contributed by atoms with E-state index < -0.39 is 0 Å². The van der Waals surface area contributed by atoms with Crippen molar-refractivity contribution in [1.82, 2.24) is 0 Å². The van der Waals surface area contributed by atoms with Gasteiger partial charge in [0.1, 0.15) is 0 Å². The average Bonchev–Trinajstić information content (AvgIpc) is 2.86. The van der Waals surface area contributed by atoms with Crippen LogP contribution in [0, 0.1) is 0 Å². The lowest BCUT2D eigenvalue weighted by molar-refractivity contribution is 1.15. The van der Waals surface area contributed by atoms with Crippen LogP contribution in [-0.4, -0.2) is 7.05 Å². The Bertz CT molecular complexity index is 1180. The Balaban J connectivity index is 0.000000807. The molecule has 0 aliphatic carbocycles. The third-order valence-electron chi connectivity index (χ3n) is 4.72. The van der Waals surface area contributed by atoms with Gasteiger partial charge in [0, 0.05) is 23.2 Å². The molecule has 4 nitrogen and oxygen atoms in total. The van der Waals surface area contributed by atoms with E-state index >= 15 is 0 Å². The predicted octanol–water partition coefficient (Wildman–Crippen LogP) is 9.74. The Kier molecular flexibility index (Phi) is 9.50. The number of aryl methyl sites for hydroxylation is 1. The first-order valence-corrected chi connectivity index (χ1v) is 11.1. The molecule has 0 fully saturated rings. The summed E-state index contributed by atoms with van der Waals surface area (Å²) in [5, 5.41) is 21.6. The maximum atomic E-state index is 4.58. The molecule has 0 N–H and O–H groups in total. The lowest BCUT2D eigenvalue weighted by atomic mass is 10.0. The van der Waals surface area contributed by atoms with E-state index in [9.17, 15) is 0 Å². The van der Waals surface area contributed by atoms with Crippen LogP contribution in [0.25, 0.3) is 21.5 Å². The summed E-state index contributed by atoms with van der Waals surface area (Å²) in [6, 6.07) is 24.5. The molecule has 0 unspecified atom stereocenters. The van der Waals surface area contributed by atoms with Crippen molar-refractivity contribution in [2.75, 3.05) is 7.05 Å². The van der Waals surface area contributed by atoms with Crippen LogP contribution in [0.5, 0.6) is 0 Å². The van der Waals surface area contributed by atoms with Gasteiger partial charge in [0.25, 0.3) is 0 Å². The summed E-state index contributed by atoms with van der Waals surface area (Å²) in [4.78, 5) is 0. The summed E-state index contributed by atoms with van der Waals surface area (Å²) in [5.74, 6) is 0. The van der Waals surface area contributed by atoms with E-state index in [0.29, 0.717) is 0 Å². The first-order chi connectivity index (χ1) is 15.3. The lowest BCUT2D eigenvalue weighted by Crippen LogP contribution is -1.83. The minimum Gasteiger partial charge on any atom is -0.192 e. The lowest BCUT2D eigenvalue weighted by Gasteiger charge is -2.07. The van der Waals surface area contributed by atoms with Crippen molar-refractivity contribution >= 4 is 38.6 Å². The summed E-state index contributed by atoms with van der Waals surface area (Å²) >= 11 is 0. The van der Waals surface area contributed by atoms with Crippen molar-refractivity contribution in [2.45, 2.75) is 41.0 Å². The Labute approximate surface area is 185 Å². The summed E-state index contributed by atoms with van der Waals surface area (Å²) in [7, 11) is 1.67. The summed E-state index contributed by atoms with van der Waals surface area (Å²) in [6.07, 6.45) is 0.996. The van der Waals surface area contributed by atoms with Crippen molar-refractivity contribution in [2.24, 2.45) is 20.5 Å². The molecular weight excluding hydrogens is 380 g/mol. The topological polar surface area (TPSA) is 49.4 Å². The van der Waals surface area contributed by atoms with Crippen LogP contribution in [0.4, 0.5) is 17.1 Å². The molecule has 4 rings (SSSR count). The Morgan fingerprint density at radius 3 is 1.35 bits per heavy atom. The molecule has 0 amide bonds. The Morgan fingerprint density at radius 1 is 0.516 bits per heavy atom. The molecule has 0 heterocycles. The third-order valence-corrected chi connectivity index (χ3v) is 4.72. The molecule has 0 saturated heterocycles. The standard InChI is InChI=1S/C23H20N4.2C2H6/c1-3-16-12-13-22(18-9-5-4-8-17(16)18)26-27-23-15-14-21(25-24-2)19-10-6-7-11-20(19)23;2*1-2/h4-15H,3H2,1-2H3;2*1-2H3. The van der Waals surface area contributed by atoms with Crippen molar-refractivity contribution < 1.29 is 0 Å². The highest BCUT2D eigenvalue weighted by molar-refractivity contribution is 6.00. The van der Waals surface area contributed by atoms with Crippen LogP contribution in [0.15, 0.2) is 93.3 Å². The molecule has 31 heavy (non-hydrogen) atoms. The van der Waals surface area contributed by atoms with Crippen LogP contribution < -0.4 is 0 Å². The predicted molar refractivity (Wildman–Crippen MR) is 135 cm³/mol. The molecule has 160 valence electrons. The number of benzene rings is 4. The number of fused-ring (bicyclic) bond motifs is 2. The SMILES string of the molecule is CC.CC.CCc1ccc(N=Nc2ccc(N=NC)c3ccccc23)c2ccccc12. The van der Waals surface area contributed by atoms with Crippen molar-refractivity contribution in [1.29, 1.82) is 0 Å². The summed E-state index contributed by atoms with van der Waals surface area (Å²) < 4.78 is 0. The monoisotopic (exact) mass is 412 g/mol. The first-order valence-electron chi connectivity index (χ1n) is 11.1. The molecule has 0 atom stereocenters. The quantitative estimate of drug-likeness (QED) is 0.299. The second kappa shape index (κ2) is 12.3. The van der Waals surface area contributed by atoms with Crippen LogP contribution in [0.2, 0.25) is 0 Å². The first kappa shape index (κ1) is 23.9. The van der Waals surface area contributed by atoms with Gasteiger partial charge in [-0.15, -0.1) is 10.2 Å². The zero-order valence-electron chi connectivity index (χ0n) is 19.4. The van der Waals surface area contributed by atoms with Gasteiger partial charge in [-0.1, -0.05) is 89.2 Å². The van der Waals surface area contributed by atoms with Gasteiger partial charge < -0.3 is 0 Å². The zero-order valence-corrected chi connectivity index (χ0v) is 19.4. The van der Waals surface area contributed by atoms with Crippen molar-refractivity contribution in [3.8, 4) is 0 Å². The van der Waals surface area contributed by atoms with Gasteiger partial charge in [-0.2, -0.15) is 10.2 Å². The third kappa shape index (κ3) is 5.40. The van der Waals surface area contributed by atoms with Crippen LogP contribution in [-0.2, 0) is 6.42 Å². The summed E-state index contributed by atoms with van der Waals surface area (Å²) in [6.45, 7) is 10.2. The van der Waals surface area contributed by atoms with Gasteiger partial charge in [0.2, 0.25) is 0 Å². The minimum absolute atomic E-state index is 0.823. The minimum atomic E-state index is 0.823. The van der Waals surface area contributed by atoms with Gasteiger partial charge >= 0.3 is 0 Å². The van der Waals surface area contributed by atoms with Crippen LogP contribution in [0.3, 0.4) is 0 Å². The van der Waals surface area contributed by atoms with Crippen molar-refractivity contribution in [3.63, 3.8) is 0 Å². The van der Waals surface area contributed by atoms with E-state index in [0.717, 1.165) is 39.6 Å². The number of azo groups is 2. The molecule has 0 bridgehead atoms. The molecular formula is C27H32N4. The highest BCUT2D eigenvalue weighted by Crippen LogP contribution is 2.35. The molecule has 0 aliphatic rings. The van der Waals surface area contributed by atoms with Gasteiger partial charge in [0.05, 0.1) is 17.1 Å². The van der Waals surface area contributed by atoms with Gasteiger partial charge in [0.15, 0.2) is 0 Å². The molecule has 4 heteroatoms. The van der Waals surface area contributed by atoms with E-state index in [4.69, 9.17) is 0 Å². The molecule has 0 aliphatic heterocycles. The van der Waals surface area contributed by atoms with Crippen LogP contribution in [0.1, 0.15) is 40.2 Å². The number of hydrogen-bond acceptors (Lipinski definition) is 4. The number of hydrogen-bond donors (Lipinski definition) is 0. The summed E-state index contributed by atoms with van der Waals surface area (Å²) in [5.41, 5.74) is 3.86. The maximum Gasteiger partial charge on any atom is 0.0936 e. The smallest absolute Gasteiger partial charge is 0.0936 e. The molecule has 0 saturated carbocycles. The molecule has 0 aromatic heterocycles. The molecule has 4 aromatic carbocycles.